The number of halogens is 1. The first kappa shape index (κ1) is 13.4. The van der Waals surface area contributed by atoms with Gasteiger partial charge >= 0.3 is 5.97 Å². The lowest BCUT2D eigenvalue weighted by molar-refractivity contribution is -0.145. The number of ether oxygens (including phenoxy) is 1. The Kier molecular flexibility index (Phi) is 3.72. The molecule has 1 saturated heterocycles. The highest BCUT2D eigenvalue weighted by Gasteiger charge is 2.35. The molecule has 0 spiro atoms. The minimum Gasteiger partial charge on any atom is -0.469 e. The number of hydrogen-bond donors (Lipinski definition) is 0. The highest BCUT2D eigenvalue weighted by atomic mass is 35.5. The van der Waals surface area contributed by atoms with Crippen LogP contribution in [-0.2, 0) is 14.3 Å². The van der Waals surface area contributed by atoms with E-state index in [2.05, 4.69) is 4.74 Å². The standard InChI is InChI=1S/C13H11ClN2O3/c1-19-13(18)9-4-12(17)16(7-9)10-3-2-8(6-15)11(14)5-10/h2-3,5,9H,4,7H2,1H3. The first-order valence-electron chi connectivity index (χ1n) is 5.64. The maximum Gasteiger partial charge on any atom is 0.311 e. The third-order valence-corrected chi connectivity index (χ3v) is 3.36. The second-order valence-electron chi connectivity index (χ2n) is 4.20. The van der Waals surface area contributed by atoms with Crippen LogP contribution in [0.15, 0.2) is 18.2 Å². The Morgan fingerprint density at radius 1 is 1.58 bits per heavy atom. The summed E-state index contributed by atoms with van der Waals surface area (Å²) in [6, 6.07) is 6.70. The molecule has 1 amide bonds. The number of carbonyl (C=O) groups is 2. The van der Waals surface area contributed by atoms with Crippen LogP contribution < -0.4 is 4.90 Å². The first-order chi connectivity index (χ1) is 9.06. The summed E-state index contributed by atoms with van der Waals surface area (Å²) in [5, 5.41) is 9.08. The molecule has 98 valence electrons. The molecule has 5 nitrogen and oxygen atoms in total. The summed E-state index contributed by atoms with van der Waals surface area (Å²) in [6.45, 7) is 0.272. The number of benzene rings is 1. The third-order valence-electron chi connectivity index (χ3n) is 3.04. The highest BCUT2D eigenvalue weighted by Crippen LogP contribution is 2.29. The van der Waals surface area contributed by atoms with Gasteiger partial charge in [0.15, 0.2) is 0 Å². The normalized spacial score (nSPS) is 18.3. The lowest BCUT2D eigenvalue weighted by Crippen LogP contribution is -2.26. The number of rotatable bonds is 2. The molecule has 1 atom stereocenters. The molecular formula is C13H11ClN2O3. The van der Waals surface area contributed by atoms with E-state index in [4.69, 9.17) is 16.9 Å². The van der Waals surface area contributed by atoms with Gasteiger partial charge < -0.3 is 9.64 Å². The van der Waals surface area contributed by atoms with Gasteiger partial charge in [0.2, 0.25) is 5.91 Å². The third kappa shape index (κ3) is 2.54. The Morgan fingerprint density at radius 3 is 2.89 bits per heavy atom. The molecule has 0 N–H and O–H groups in total. The van der Waals surface area contributed by atoms with Crippen molar-refractivity contribution in [2.45, 2.75) is 6.42 Å². The van der Waals surface area contributed by atoms with Crippen molar-refractivity contribution in [1.82, 2.24) is 0 Å². The van der Waals surface area contributed by atoms with Gasteiger partial charge in [-0.3, -0.25) is 9.59 Å². The van der Waals surface area contributed by atoms with Gasteiger partial charge in [0, 0.05) is 18.7 Å². The van der Waals surface area contributed by atoms with Gasteiger partial charge in [-0.15, -0.1) is 0 Å². The maximum atomic E-state index is 11.9. The van der Waals surface area contributed by atoms with E-state index >= 15 is 0 Å². The number of anilines is 1. The average Bonchev–Trinajstić information content (AvgIpc) is 2.80. The molecule has 1 aliphatic rings. The maximum absolute atomic E-state index is 11.9. The fourth-order valence-corrected chi connectivity index (χ4v) is 2.26. The van der Waals surface area contributed by atoms with E-state index in [1.165, 1.54) is 12.0 Å². The highest BCUT2D eigenvalue weighted by molar-refractivity contribution is 6.32. The largest absolute Gasteiger partial charge is 0.469 e. The van der Waals surface area contributed by atoms with Gasteiger partial charge in [-0.1, -0.05) is 11.6 Å². The molecule has 19 heavy (non-hydrogen) atoms. The lowest BCUT2D eigenvalue weighted by Gasteiger charge is -2.16. The minimum absolute atomic E-state index is 0.129. The van der Waals surface area contributed by atoms with E-state index in [1.54, 1.807) is 18.2 Å². The minimum atomic E-state index is -0.452. The second-order valence-corrected chi connectivity index (χ2v) is 4.61. The molecule has 6 heteroatoms. The van der Waals surface area contributed by atoms with Crippen LogP contribution in [0, 0.1) is 17.2 Å². The van der Waals surface area contributed by atoms with Crippen LogP contribution in [0.2, 0.25) is 5.02 Å². The Balaban J connectivity index is 2.24. The fraction of sp³-hybridized carbons (Fsp3) is 0.308. The zero-order valence-corrected chi connectivity index (χ0v) is 11.0. The van der Waals surface area contributed by atoms with E-state index in [9.17, 15) is 9.59 Å². The van der Waals surface area contributed by atoms with Crippen molar-refractivity contribution in [2.75, 3.05) is 18.6 Å². The van der Waals surface area contributed by atoms with Crippen LogP contribution in [0.25, 0.3) is 0 Å². The predicted octanol–water partition coefficient (Wildman–Crippen LogP) is 1.74. The topological polar surface area (TPSA) is 70.4 Å². The summed E-state index contributed by atoms with van der Waals surface area (Å²) in [4.78, 5) is 24.8. The molecule has 1 aromatic rings. The van der Waals surface area contributed by atoms with Gasteiger partial charge in [0.25, 0.3) is 0 Å². The van der Waals surface area contributed by atoms with Gasteiger partial charge in [0.1, 0.15) is 6.07 Å². The molecule has 1 unspecified atom stereocenters. The van der Waals surface area contributed by atoms with Crippen molar-refractivity contribution in [3.63, 3.8) is 0 Å². The van der Waals surface area contributed by atoms with Crippen LogP contribution >= 0.6 is 11.6 Å². The molecule has 0 aromatic heterocycles. The molecular weight excluding hydrogens is 268 g/mol. The molecule has 0 aliphatic carbocycles. The van der Waals surface area contributed by atoms with Crippen molar-refractivity contribution in [3.8, 4) is 6.07 Å². The van der Waals surface area contributed by atoms with Crippen LogP contribution in [0.1, 0.15) is 12.0 Å². The van der Waals surface area contributed by atoms with E-state index in [-0.39, 0.29) is 23.9 Å². The van der Waals surface area contributed by atoms with Crippen molar-refractivity contribution in [2.24, 2.45) is 5.92 Å². The van der Waals surface area contributed by atoms with E-state index in [1.807, 2.05) is 6.07 Å². The summed E-state index contributed by atoms with van der Waals surface area (Å²) < 4.78 is 4.64. The number of esters is 1. The number of methoxy groups -OCH3 is 1. The van der Waals surface area contributed by atoms with Gasteiger partial charge in [-0.25, -0.2) is 0 Å². The molecule has 1 aliphatic heterocycles. The first-order valence-corrected chi connectivity index (χ1v) is 6.02. The molecule has 0 radical (unpaired) electrons. The molecule has 2 rings (SSSR count). The van der Waals surface area contributed by atoms with Crippen LogP contribution in [0.3, 0.4) is 0 Å². The van der Waals surface area contributed by atoms with Gasteiger partial charge in [0.05, 0.1) is 23.6 Å². The molecule has 1 heterocycles. The lowest BCUT2D eigenvalue weighted by atomic mass is 10.1. The zero-order valence-electron chi connectivity index (χ0n) is 10.2. The van der Waals surface area contributed by atoms with Crippen molar-refractivity contribution >= 4 is 29.2 Å². The van der Waals surface area contributed by atoms with E-state index < -0.39 is 11.9 Å². The quantitative estimate of drug-likeness (QED) is 0.773. The smallest absolute Gasteiger partial charge is 0.311 e. The number of nitrogens with zero attached hydrogens (tertiary/aromatic N) is 2. The van der Waals surface area contributed by atoms with Crippen LogP contribution in [0.4, 0.5) is 5.69 Å². The van der Waals surface area contributed by atoms with E-state index in [0.717, 1.165) is 0 Å². The van der Waals surface area contributed by atoms with Crippen LogP contribution in [-0.4, -0.2) is 25.5 Å². The SMILES string of the molecule is COC(=O)C1CC(=O)N(c2ccc(C#N)c(Cl)c2)C1. The Bertz CT molecular complexity index is 580. The second kappa shape index (κ2) is 5.29. The fourth-order valence-electron chi connectivity index (χ4n) is 2.04. The molecule has 0 bridgehead atoms. The Morgan fingerprint density at radius 2 is 2.32 bits per heavy atom. The Labute approximate surface area is 115 Å². The zero-order chi connectivity index (χ0) is 14.0. The summed E-state index contributed by atoms with van der Waals surface area (Å²) in [5.41, 5.74) is 0.932. The summed E-state index contributed by atoms with van der Waals surface area (Å²) >= 11 is 5.93. The molecule has 1 fully saturated rings. The van der Waals surface area contributed by atoms with Gasteiger partial charge in [-0.2, -0.15) is 5.26 Å². The average molecular weight is 279 g/mol. The van der Waals surface area contributed by atoms with Crippen LogP contribution in [0.5, 0.6) is 0 Å². The summed E-state index contributed by atoms with van der Waals surface area (Å²) in [5.74, 6) is -1.00. The predicted molar refractivity (Wildman–Crippen MR) is 68.6 cm³/mol. The monoisotopic (exact) mass is 278 g/mol. The van der Waals surface area contributed by atoms with E-state index in [0.29, 0.717) is 11.3 Å². The van der Waals surface area contributed by atoms with Crippen molar-refractivity contribution in [1.29, 1.82) is 5.26 Å². The number of hydrogen-bond acceptors (Lipinski definition) is 4. The van der Waals surface area contributed by atoms with Crippen molar-refractivity contribution in [3.05, 3.63) is 28.8 Å². The number of carbonyl (C=O) groups excluding carboxylic acids is 2. The van der Waals surface area contributed by atoms with Gasteiger partial charge in [-0.05, 0) is 18.2 Å². The Hall–Kier alpha value is -2.06. The number of amides is 1. The summed E-state index contributed by atoms with van der Waals surface area (Å²) in [7, 11) is 1.30. The molecule has 1 aromatic carbocycles. The molecule has 0 saturated carbocycles. The van der Waals surface area contributed by atoms with Crippen molar-refractivity contribution < 1.29 is 14.3 Å². The number of nitriles is 1. The summed E-state index contributed by atoms with van der Waals surface area (Å²) in [6.07, 6.45) is 0.129.